The predicted molar refractivity (Wildman–Crippen MR) is 73.5 cm³/mol. The molecule has 1 amide bonds. The second-order valence-electron chi connectivity index (χ2n) is 3.42. The van der Waals surface area contributed by atoms with E-state index < -0.39 is 5.91 Å². The fourth-order valence-electron chi connectivity index (χ4n) is 1.24. The molecule has 18 heavy (non-hydrogen) atoms. The lowest BCUT2D eigenvalue weighted by Gasteiger charge is -2.06. The molecule has 92 valence electrons. The van der Waals surface area contributed by atoms with Crippen LogP contribution in [0, 0.1) is 0 Å². The van der Waals surface area contributed by atoms with Crippen molar-refractivity contribution in [1.29, 1.82) is 0 Å². The maximum atomic E-state index is 11.8. The van der Waals surface area contributed by atoms with Crippen molar-refractivity contribution in [3.63, 3.8) is 0 Å². The molecule has 2 rings (SSSR count). The maximum absolute atomic E-state index is 11.8. The topological polar surface area (TPSA) is 80.9 Å². The maximum Gasteiger partial charge on any atom is 0.276 e. The van der Waals surface area contributed by atoms with Crippen molar-refractivity contribution in [3.05, 3.63) is 45.5 Å². The number of carbonyl (C=O) groups excluding carboxylic acids is 1. The zero-order chi connectivity index (χ0) is 13.1. The Labute approximate surface area is 116 Å². The normalized spacial score (nSPS) is 10.1. The second kappa shape index (κ2) is 5.32. The van der Waals surface area contributed by atoms with Crippen LogP contribution in [-0.2, 0) is 0 Å². The molecule has 7 heteroatoms. The Morgan fingerprint density at radius 1 is 1.28 bits per heavy atom. The van der Waals surface area contributed by atoms with E-state index in [-0.39, 0.29) is 11.5 Å². The van der Waals surface area contributed by atoms with Gasteiger partial charge in [0, 0.05) is 4.47 Å². The number of hydrogen-bond acceptors (Lipinski definition) is 4. The van der Waals surface area contributed by atoms with E-state index in [4.69, 9.17) is 17.3 Å². The van der Waals surface area contributed by atoms with Crippen molar-refractivity contribution < 1.29 is 4.79 Å². The lowest BCUT2D eigenvalue weighted by Crippen LogP contribution is -2.14. The molecule has 0 saturated carbocycles. The first kappa shape index (κ1) is 12.8. The summed E-state index contributed by atoms with van der Waals surface area (Å²) in [4.78, 5) is 11.8. The Bertz CT molecular complexity index is 588. The van der Waals surface area contributed by atoms with Crippen molar-refractivity contribution >= 4 is 44.9 Å². The predicted octanol–water partition coefficient (Wildman–Crippen LogP) is 2.73. The number of hydrogen-bond donors (Lipinski definition) is 2. The zero-order valence-corrected chi connectivity index (χ0v) is 11.4. The van der Waals surface area contributed by atoms with Gasteiger partial charge < -0.3 is 11.1 Å². The van der Waals surface area contributed by atoms with Gasteiger partial charge in [-0.1, -0.05) is 27.5 Å². The number of carbonyl (C=O) groups is 1. The van der Waals surface area contributed by atoms with Crippen molar-refractivity contribution in [1.82, 2.24) is 10.2 Å². The van der Waals surface area contributed by atoms with E-state index in [0.717, 1.165) is 4.47 Å². The van der Waals surface area contributed by atoms with Gasteiger partial charge in [0.25, 0.3) is 5.91 Å². The summed E-state index contributed by atoms with van der Waals surface area (Å²) in [5.41, 5.74) is 6.06. The van der Waals surface area contributed by atoms with Crippen LogP contribution < -0.4 is 11.1 Å². The standard InChI is InChI=1S/C11H8BrClN4O/c12-6-1-2-8(7(13)5-6)15-11(18)9-3-4-10(14)17-16-9/h1-5H,(H2,14,17)(H,15,18). The number of aromatic nitrogens is 2. The number of rotatable bonds is 2. The minimum absolute atomic E-state index is 0.170. The first-order chi connectivity index (χ1) is 8.56. The smallest absolute Gasteiger partial charge is 0.276 e. The van der Waals surface area contributed by atoms with Crippen LogP contribution in [0.1, 0.15) is 10.5 Å². The fraction of sp³-hybridized carbons (Fsp3) is 0. The number of nitrogens with zero attached hydrogens (tertiary/aromatic N) is 2. The van der Waals surface area contributed by atoms with Gasteiger partial charge in [-0.2, -0.15) is 0 Å². The van der Waals surface area contributed by atoms with Crippen LogP contribution in [0.25, 0.3) is 0 Å². The van der Waals surface area contributed by atoms with Gasteiger partial charge in [0.1, 0.15) is 5.82 Å². The van der Waals surface area contributed by atoms with Gasteiger partial charge in [-0.05, 0) is 30.3 Å². The lowest BCUT2D eigenvalue weighted by molar-refractivity contribution is 0.102. The molecule has 1 aromatic heterocycles. The first-order valence-corrected chi connectivity index (χ1v) is 6.09. The van der Waals surface area contributed by atoms with Gasteiger partial charge in [0.2, 0.25) is 0 Å². The molecule has 3 N–H and O–H groups in total. The van der Waals surface area contributed by atoms with E-state index in [1.807, 2.05) is 0 Å². The summed E-state index contributed by atoms with van der Waals surface area (Å²) in [5.74, 6) is -0.139. The minimum Gasteiger partial charge on any atom is -0.382 e. The van der Waals surface area contributed by atoms with Crippen molar-refractivity contribution in [3.8, 4) is 0 Å². The highest BCUT2D eigenvalue weighted by Crippen LogP contribution is 2.25. The second-order valence-corrected chi connectivity index (χ2v) is 4.74. The van der Waals surface area contributed by atoms with Gasteiger partial charge in [-0.15, -0.1) is 10.2 Å². The van der Waals surface area contributed by atoms with Crippen molar-refractivity contribution in [2.24, 2.45) is 0 Å². The molecule has 0 atom stereocenters. The Morgan fingerprint density at radius 2 is 2.06 bits per heavy atom. The van der Waals surface area contributed by atoms with E-state index in [0.29, 0.717) is 10.7 Å². The summed E-state index contributed by atoms with van der Waals surface area (Å²) in [5, 5.41) is 10.4. The summed E-state index contributed by atoms with van der Waals surface area (Å²) in [6.45, 7) is 0. The molecule has 0 radical (unpaired) electrons. The summed E-state index contributed by atoms with van der Waals surface area (Å²) in [6.07, 6.45) is 0. The Morgan fingerprint density at radius 3 is 2.67 bits per heavy atom. The highest BCUT2D eigenvalue weighted by Gasteiger charge is 2.10. The zero-order valence-electron chi connectivity index (χ0n) is 9.02. The van der Waals surface area contributed by atoms with Crippen LogP contribution in [0.4, 0.5) is 11.5 Å². The summed E-state index contributed by atoms with van der Waals surface area (Å²) in [7, 11) is 0. The number of anilines is 2. The van der Waals surface area contributed by atoms with Crippen LogP contribution in [-0.4, -0.2) is 16.1 Å². The Hall–Kier alpha value is -1.66. The molecule has 1 heterocycles. The Kier molecular flexibility index (Phi) is 3.78. The van der Waals surface area contributed by atoms with Crippen LogP contribution in [0.15, 0.2) is 34.8 Å². The van der Waals surface area contributed by atoms with E-state index in [1.54, 1.807) is 18.2 Å². The number of nitrogens with one attached hydrogen (secondary N) is 1. The van der Waals surface area contributed by atoms with Crippen molar-refractivity contribution in [2.45, 2.75) is 0 Å². The fourth-order valence-corrected chi connectivity index (χ4v) is 1.96. The Balaban J connectivity index is 2.18. The lowest BCUT2D eigenvalue weighted by atomic mass is 10.3. The van der Waals surface area contributed by atoms with Crippen LogP contribution in [0.5, 0.6) is 0 Å². The number of benzene rings is 1. The molecule has 0 bridgehead atoms. The average Bonchev–Trinajstić information content (AvgIpc) is 2.33. The molecule has 0 aliphatic carbocycles. The largest absolute Gasteiger partial charge is 0.382 e. The number of amides is 1. The SMILES string of the molecule is Nc1ccc(C(=O)Nc2ccc(Br)cc2Cl)nn1. The third-order valence-corrected chi connectivity index (χ3v) is 2.90. The molecule has 0 spiro atoms. The summed E-state index contributed by atoms with van der Waals surface area (Å²) >= 11 is 9.27. The molecular formula is C11H8BrClN4O. The molecule has 0 fully saturated rings. The highest BCUT2D eigenvalue weighted by molar-refractivity contribution is 9.10. The van der Waals surface area contributed by atoms with Gasteiger partial charge in [-0.3, -0.25) is 4.79 Å². The minimum atomic E-state index is -0.397. The molecule has 1 aromatic carbocycles. The first-order valence-electron chi connectivity index (χ1n) is 4.92. The monoisotopic (exact) mass is 326 g/mol. The van der Waals surface area contributed by atoms with Gasteiger partial charge in [0.15, 0.2) is 5.69 Å². The molecule has 0 unspecified atom stereocenters. The third-order valence-electron chi connectivity index (χ3n) is 2.10. The molecular weight excluding hydrogens is 320 g/mol. The summed E-state index contributed by atoms with van der Waals surface area (Å²) in [6, 6.07) is 8.15. The van der Waals surface area contributed by atoms with Crippen LogP contribution in [0.3, 0.4) is 0 Å². The van der Waals surface area contributed by atoms with E-state index >= 15 is 0 Å². The molecule has 0 saturated heterocycles. The van der Waals surface area contributed by atoms with E-state index in [1.165, 1.54) is 12.1 Å². The van der Waals surface area contributed by atoms with E-state index in [2.05, 4.69) is 31.4 Å². The third kappa shape index (κ3) is 2.96. The van der Waals surface area contributed by atoms with Gasteiger partial charge in [-0.25, -0.2) is 0 Å². The molecule has 5 nitrogen and oxygen atoms in total. The van der Waals surface area contributed by atoms with E-state index in [9.17, 15) is 4.79 Å². The van der Waals surface area contributed by atoms with Crippen LogP contribution in [0.2, 0.25) is 5.02 Å². The van der Waals surface area contributed by atoms with Crippen LogP contribution >= 0.6 is 27.5 Å². The molecule has 0 aliphatic rings. The highest BCUT2D eigenvalue weighted by atomic mass is 79.9. The number of nitrogen functional groups attached to an aromatic ring is 1. The van der Waals surface area contributed by atoms with Gasteiger partial charge >= 0.3 is 0 Å². The average molecular weight is 328 g/mol. The van der Waals surface area contributed by atoms with Gasteiger partial charge in [0.05, 0.1) is 10.7 Å². The quantitative estimate of drug-likeness (QED) is 0.888. The molecule has 0 aliphatic heterocycles. The number of nitrogens with two attached hydrogens (primary N) is 1. The number of halogens is 2. The molecule has 2 aromatic rings. The summed E-state index contributed by atoms with van der Waals surface area (Å²) < 4.78 is 0.831. The van der Waals surface area contributed by atoms with Crippen molar-refractivity contribution in [2.75, 3.05) is 11.1 Å².